The van der Waals surface area contributed by atoms with Gasteiger partial charge in [-0.1, -0.05) is 0 Å². The van der Waals surface area contributed by atoms with Crippen molar-refractivity contribution in [2.45, 2.75) is 59.0 Å². The Bertz CT molecular complexity index is 859. The van der Waals surface area contributed by atoms with Gasteiger partial charge in [0, 0.05) is 26.1 Å². The Hall–Kier alpha value is -2.64. The third-order valence-electron chi connectivity index (χ3n) is 5.97. The van der Waals surface area contributed by atoms with E-state index in [1.54, 1.807) is 6.07 Å². The molecule has 1 saturated heterocycles. The van der Waals surface area contributed by atoms with Crippen LogP contribution in [-0.2, 0) is 9.47 Å². The minimum Gasteiger partial charge on any atom is -0.493 e. The van der Waals surface area contributed by atoms with E-state index in [-0.39, 0.29) is 23.5 Å². The van der Waals surface area contributed by atoms with Crippen molar-refractivity contribution >= 4 is 17.9 Å². The summed E-state index contributed by atoms with van der Waals surface area (Å²) in [7, 11) is 0. The number of amides is 1. The second-order valence-electron chi connectivity index (χ2n) is 9.73. The van der Waals surface area contributed by atoms with E-state index in [9.17, 15) is 9.18 Å². The molecular formula is C24H34FN3O4. The Labute approximate surface area is 189 Å². The smallest absolute Gasteiger partial charge is 0.410 e. The number of benzene rings is 1. The molecule has 2 atom stereocenters. The highest BCUT2D eigenvalue weighted by molar-refractivity contribution is 5.98. The highest BCUT2D eigenvalue weighted by atomic mass is 19.1. The summed E-state index contributed by atoms with van der Waals surface area (Å²) in [6.45, 7) is 9.06. The van der Waals surface area contributed by atoms with Crippen molar-refractivity contribution in [2.24, 2.45) is 17.8 Å². The third kappa shape index (κ3) is 6.68. The van der Waals surface area contributed by atoms with Crippen LogP contribution in [-0.4, -0.2) is 48.1 Å². The second-order valence-corrected chi connectivity index (χ2v) is 9.73. The van der Waals surface area contributed by atoms with Crippen molar-refractivity contribution in [3.05, 3.63) is 29.6 Å². The van der Waals surface area contributed by atoms with Gasteiger partial charge in [0.2, 0.25) is 5.90 Å². The fourth-order valence-electron chi connectivity index (χ4n) is 4.32. The number of rotatable bonds is 6. The molecule has 1 saturated carbocycles. The molecule has 0 unspecified atom stereocenters. The number of carbonyl (C=O) groups is 1. The number of nitrogens with zero attached hydrogens (tertiary/aromatic N) is 1. The number of likely N-dealkylation sites (tertiary alicyclic amines) is 1. The summed E-state index contributed by atoms with van der Waals surface area (Å²) in [5.74, 6) is 1.21. The lowest BCUT2D eigenvalue weighted by Crippen LogP contribution is -2.42. The first-order chi connectivity index (χ1) is 15.0. The van der Waals surface area contributed by atoms with E-state index in [1.807, 2.05) is 25.7 Å². The zero-order valence-electron chi connectivity index (χ0n) is 19.4. The van der Waals surface area contributed by atoms with Gasteiger partial charge in [-0.05, 0) is 76.3 Å². The van der Waals surface area contributed by atoms with Crippen molar-refractivity contribution < 1.29 is 23.4 Å². The predicted molar refractivity (Wildman–Crippen MR) is 120 cm³/mol. The minimum atomic E-state index is -0.602. The predicted octanol–water partition coefficient (Wildman–Crippen LogP) is 5.22. The van der Waals surface area contributed by atoms with Crippen LogP contribution in [0.15, 0.2) is 18.2 Å². The van der Waals surface area contributed by atoms with Crippen LogP contribution in [0.2, 0.25) is 0 Å². The van der Waals surface area contributed by atoms with Gasteiger partial charge in [-0.15, -0.1) is 0 Å². The largest absolute Gasteiger partial charge is 0.493 e. The summed E-state index contributed by atoms with van der Waals surface area (Å²) in [5, 5.41) is 14.9. The molecule has 8 heteroatoms. The highest BCUT2D eigenvalue weighted by Crippen LogP contribution is 2.49. The molecule has 2 N–H and O–H groups in total. The van der Waals surface area contributed by atoms with Crippen molar-refractivity contribution in [3.8, 4) is 5.75 Å². The van der Waals surface area contributed by atoms with Crippen LogP contribution in [0.4, 0.5) is 9.18 Å². The molecule has 0 spiro atoms. The van der Waals surface area contributed by atoms with Crippen LogP contribution in [0.5, 0.6) is 5.75 Å². The Morgan fingerprint density at radius 1 is 1.22 bits per heavy atom. The molecule has 0 bridgehead atoms. The zero-order valence-corrected chi connectivity index (χ0v) is 19.4. The Kier molecular flexibility index (Phi) is 7.41. The van der Waals surface area contributed by atoms with Crippen molar-refractivity contribution in [1.82, 2.24) is 4.90 Å². The summed E-state index contributed by atoms with van der Waals surface area (Å²) >= 11 is 0. The molecule has 3 rings (SSSR count). The molecule has 1 heterocycles. The maximum atomic E-state index is 14.2. The van der Waals surface area contributed by atoms with E-state index in [4.69, 9.17) is 25.0 Å². The quantitative estimate of drug-likeness (QED) is 0.462. The van der Waals surface area contributed by atoms with Crippen LogP contribution in [0.1, 0.15) is 58.9 Å². The molecule has 176 valence electrons. The van der Waals surface area contributed by atoms with Gasteiger partial charge in [0.1, 0.15) is 17.2 Å². The van der Waals surface area contributed by atoms with Crippen molar-refractivity contribution in [3.63, 3.8) is 0 Å². The molecule has 7 nitrogen and oxygen atoms in total. The van der Waals surface area contributed by atoms with E-state index in [2.05, 4.69) is 0 Å². The molecular weight excluding hydrogens is 413 g/mol. The summed E-state index contributed by atoms with van der Waals surface area (Å²) in [6, 6.07) is 4.31. The Balaban J connectivity index is 1.37. The van der Waals surface area contributed by atoms with Crippen LogP contribution in [0, 0.1) is 34.4 Å². The fourth-order valence-corrected chi connectivity index (χ4v) is 4.32. The lowest BCUT2D eigenvalue weighted by molar-refractivity contribution is 0.0174. The van der Waals surface area contributed by atoms with Gasteiger partial charge < -0.3 is 19.1 Å². The lowest BCUT2D eigenvalue weighted by atomic mass is 9.90. The summed E-state index contributed by atoms with van der Waals surface area (Å²) in [4.78, 5) is 14.0. The van der Waals surface area contributed by atoms with Gasteiger partial charge in [-0.3, -0.25) is 10.8 Å². The van der Waals surface area contributed by atoms with Crippen LogP contribution < -0.4 is 4.74 Å². The van der Waals surface area contributed by atoms with Crippen molar-refractivity contribution in [1.29, 1.82) is 10.8 Å². The SMILES string of the molecule is CC(=N)OC(=N)c1ccc(OCC[C@@H]2C[C@@H]2C2CCN(C(=O)OC(C)(C)C)CC2)cc1F. The first kappa shape index (κ1) is 24.0. The highest BCUT2D eigenvalue weighted by Gasteiger charge is 2.43. The molecule has 0 radical (unpaired) electrons. The van der Waals surface area contributed by atoms with Crippen LogP contribution in [0.3, 0.4) is 0 Å². The maximum Gasteiger partial charge on any atom is 0.410 e. The van der Waals surface area contributed by atoms with E-state index >= 15 is 0 Å². The normalized spacial score (nSPS) is 21.1. The van der Waals surface area contributed by atoms with E-state index in [1.165, 1.54) is 25.5 Å². The molecule has 1 aromatic carbocycles. The summed E-state index contributed by atoms with van der Waals surface area (Å²) in [5.41, 5.74) is -0.461. The number of hydrogen-bond donors (Lipinski definition) is 2. The number of halogens is 1. The number of piperidine rings is 1. The number of hydrogen-bond acceptors (Lipinski definition) is 6. The first-order valence-electron chi connectivity index (χ1n) is 11.3. The van der Waals surface area contributed by atoms with Gasteiger partial charge in [0.15, 0.2) is 5.90 Å². The fraction of sp³-hybridized carbons (Fsp3) is 0.625. The average molecular weight is 448 g/mol. The standard InChI is InChI=1S/C24H34FN3O4/c1-15(26)31-22(27)19-6-5-18(14-21(19)25)30-12-9-17-13-20(17)16-7-10-28(11-8-16)23(29)32-24(2,3)4/h5-6,14,16-17,20,26-27H,7-13H2,1-4H3/t17-,20-/m1/s1. The van der Waals surface area contributed by atoms with Crippen molar-refractivity contribution in [2.75, 3.05) is 19.7 Å². The molecule has 1 aromatic rings. The number of ether oxygens (including phenoxy) is 3. The first-order valence-corrected chi connectivity index (χ1v) is 11.3. The van der Waals surface area contributed by atoms with Gasteiger partial charge in [0.25, 0.3) is 0 Å². The number of nitrogens with one attached hydrogen (secondary N) is 2. The second kappa shape index (κ2) is 9.88. The molecule has 0 aromatic heterocycles. The Morgan fingerprint density at radius 3 is 2.50 bits per heavy atom. The topological polar surface area (TPSA) is 95.7 Å². The van der Waals surface area contributed by atoms with E-state index < -0.39 is 11.4 Å². The average Bonchev–Trinajstić information content (AvgIpc) is 3.46. The summed E-state index contributed by atoms with van der Waals surface area (Å²) in [6.07, 6.45) is 3.91. The molecule has 2 aliphatic rings. The molecule has 1 amide bonds. The minimum absolute atomic E-state index is 0.00364. The lowest BCUT2D eigenvalue weighted by Gasteiger charge is -2.33. The monoisotopic (exact) mass is 447 g/mol. The van der Waals surface area contributed by atoms with E-state index in [0.717, 1.165) is 32.4 Å². The third-order valence-corrected chi connectivity index (χ3v) is 5.97. The molecule has 2 fully saturated rings. The number of carbonyl (C=O) groups excluding carboxylic acids is 1. The van der Waals surface area contributed by atoms with Crippen LogP contribution >= 0.6 is 0 Å². The van der Waals surface area contributed by atoms with Gasteiger partial charge in [-0.2, -0.15) is 0 Å². The maximum absolute atomic E-state index is 14.2. The van der Waals surface area contributed by atoms with Crippen LogP contribution in [0.25, 0.3) is 0 Å². The molecule has 1 aliphatic heterocycles. The van der Waals surface area contributed by atoms with E-state index in [0.29, 0.717) is 30.1 Å². The molecule has 1 aliphatic carbocycles. The van der Waals surface area contributed by atoms with Gasteiger partial charge in [-0.25, -0.2) is 9.18 Å². The summed E-state index contributed by atoms with van der Waals surface area (Å²) < 4.78 is 30.3. The van der Waals surface area contributed by atoms with Gasteiger partial charge in [0.05, 0.1) is 12.2 Å². The molecule has 32 heavy (non-hydrogen) atoms. The zero-order chi connectivity index (χ0) is 23.5. The Morgan fingerprint density at radius 2 is 1.91 bits per heavy atom. The van der Waals surface area contributed by atoms with Gasteiger partial charge >= 0.3 is 6.09 Å².